The number of carbonyl (C=O) groups excluding carboxylic acids is 1. The Hall–Kier alpha value is -3.41. The van der Waals surface area contributed by atoms with Gasteiger partial charge in [-0.3, -0.25) is 9.36 Å². The lowest BCUT2D eigenvalue weighted by atomic mass is 10.0. The third kappa shape index (κ3) is 4.31. The minimum absolute atomic E-state index is 0.0476. The van der Waals surface area contributed by atoms with Gasteiger partial charge in [0.25, 0.3) is 5.91 Å². The summed E-state index contributed by atoms with van der Waals surface area (Å²) in [6.45, 7) is 8.49. The lowest BCUT2D eigenvalue weighted by Crippen LogP contribution is -2.33. The van der Waals surface area contributed by atoms with Gasteiger partial charge in [0.1, 0.15) is 16.9 Å². The molecule has 2 aromatic heterocycles. The van der Waals surface area contributed by atoms with Gasteiger partial charge in [0.15, 0.2) is 5.65 Å². The number of nitrogen functional groups attached to an aromatic ring is 1. The monoisotopic (exact) mass is 429 g/mol. The predicted octanol–water partition coefficient (Wildman–Crippen LogP) is 5.41. The van der Waals surface area contributed by atoms with Crippen molar-refractivity contribution in [2.24, 2.45) is 5.92 Å². The van der Waals surface area contributed by atoms with Crippen LogP contribution in [0, 0.1) is 12.8 Å². The first-order chi connectivity index (χ1) is 15.3. The number of aromatic nitrogens is 3. The molecule has 2 aromatic carbocycles. The summed E-state index contributed by atoms with van der Waals surface area (Å²) in [5.74, 6) is 0.803. The third-order valence-corrected chi connectivity index (χ3v) is 5.78. The van der Waals surface area contributed by atoms with E-state index >= 15 is 0 Å². The van der Waals surface area contributed by atoms with Crippen LogP contribution in [0.1, 0.15) is 56.0 Å². The molecule has 0 radical (unpaired) electrons. The highest BCUT2D eigenvalue weighted by Gasteiger charge is 2.25. The van der Waals surface area contributed by atoms with Crippen LogP contribution in [0.5, 0.6) is 0 Å². The second-order valence-corrected chi connectivity index (χ2v) is 9.02. The highest BCUT2D eigenvalue weighted by molar-refractivity contribution is 6.11. The van der Waals surface area contributed by atoms with E-state index in [0.717, 1.165) is 41.5 Å². The Balaban J connectivity index is 1.80. The summed E-state index contributed by atoms with van der Waals surface area (Å²) >= 11 is 0. The second kappa shape index (κ2) is 8.99. The molecule has 2 heterocycles. The number of carbonyl (C=O) groups is 1. The molecule has 3 N–H and O–H groups in total. The number of anilines is 1. The molecule has 32 heavy (non-hydrogen) atoms. The van der Waals surface area contributed by atoms with Crippen molar-refractivity contribution < 1.29 is 4.79 Å². The summed E-state index contributed by atoms with van der Waals surface area (Å²) < 4.78 is 1.83. The van der Waals surface area contributed by atoms with Crippen LogP contribution < -0.4 is 11.1 Å². The lowest BCUT2D eigenvalue weighted by molar-refractivity contribution is 0.0940. The molecule has 1 unspecified atom stereocenters. The average Bonchev–Trinajstić information content (AvgIpc) is 3.02. The van der Waals surface area contributed by atoms with Crippen molar-refractivity contribution in [3.63, 3.8) is 0 Å². The molecule has 0 saturated heterocycles. The van der Waals surface area contributed by atoms with Crippen molar-refractivity contribution in [2.45, 2.75) is 53.0 Å². The molecule has 166 valence electrons. The van der Waals surface area contributed by atoms with Gasteiger partial charge >= 0.3 is 0 Å². The SMILES string of the molecule is Cc1cccc(-n2c(N)c(C(=O)NC(C)CCCC(C)C)c3nc4ccccc4nc32)c1. The minimum atomic E-state index is -0.208. The summed E-state index contributed by atoms with van der Waals surface area (Å²) in [6.07, 6.45) is 3.14. The summed E-state index contributed by atoms with van der Waals surface area (Å²) in [6, 6.07) is 15.7. The molecular weight excluding hydrogens is 398 g/mol. The fourth-order valence-corrected chi connectivity index (χ4v) is 4.11. The van der Waals surface area contributed by atoms with Crippen LogP contribution in [-0.2, 0) is 0 Å². The molecule has 6 heteroatoms. The normalized spacial score (nSPS) is 12.5. The third-order valence-electron chi connectivity index (χ3n) is 5.78. The van der Waals surface area contributed by atoms with Crippen LogP contribution in [0.4, 0.5) is 5.82 Å². The van der Waals surface area contributed by atoms with Crippen molar-refractivity contribution in [3.8, 4) is 5.69 Å². The highest BCUT2D eigenvalue weighted by Crippen LogP contribution is 2.31. The van der Waals surface area contributed by atoms with Crippen molar-refractivity contribution in [3.05, 3.63) is 59.7 Å². The van der Waals surface area contributed by atoms with E-state index in [1.807, 2.05) is 66.9 Å². The number of para-hydroxylation sites is 2. The first-order valence-corrected chi connectivity index (χ1v) is 11.3. The van der Waals surface area contributed by atoms with E-state index in [1.165, 1.54) is 0 Å². The molecule has 4 rings (SSSR count). The van der Waals surface area contributed by atoms with E-state index in [2.05, 4.69) is 19.2 Å². The first-order valence-electron chi connectivity index (χ1n) is 11.3. The second-order valence-electron chi connectivity index (χ2n) is 9.02. The average molecular weight is 430 g/mol. The van der Waals surface area contributed by atoms with Crippen molar-refractivity contribution >= 4 is 33.9 Å². The Kier molecular flexibility index (Phi) is 6.12. The number of fused-ring (bicyclic) bond motifs is 2. The molecule has 6 nitrogen and oxygen atoms in total. The number of nitrogens with two attached hydrogens (primary N) is 1. The van der Waals surface area contributed by atoms with Gasteiger partial charge in [-0.15, -0.1) is 0 Å². The number of nitrogens with zero attached hydrogens (tertiary/aromatic N) is 3. The van der Waals surface area contributed by atoms with Gasteiger partial charge < -0.3 is 11.1 Å². The largest absolute Gasteiger partial charge is 0.384 e. The van der Waals surface area contributed by atoms with Gasteiger partial charge in [0.2, 0.25) is 0 Å². The fraction of sp³-hybridized carbons (Fsp3) is 0.346. The predicted molar refractivity (Wildman–Crippen MR) is 131 cm³/mol. The molecular formula is C26H31N5O. The van der Waals surface area contributed by atoms with E-state index in [0.29, 0.717) is 28.5 Å². The van der Waals surface area contributed by atoms with E-state index in [1.54, 1.807) is 0 Å². The van der Waals surface area contributed by atoms with Crippen molar-refractivity contribution in [2.75, 3.05) is 5.73 Å². The number of aryl methyl sites for hydroxylation is 1. The molecule has 0 spiro atoms. The molecule has 0 aliphatic carbocycles. The van der Waals surface area contributed by atoms with E-state index in [9.17, 15) is 4.79 Å². The van der Waals surface area contributed by atoms with E-state index in [4.69, 9.17) is 15.7 Å². The zero-order valence-electron chi connectivity index (χ0n) is 19.2. The number of rotatable bonds is 7. The van der Waals surface area contributed by atoms with Crippen LogP contribution in [-0.4, -0.2) is 26.5 Å². The Morgan fingerprint density at radius 3 is 2.44 bits per heavy atom. The van der Waals surface area contributed by atoms with Gasteiger partial charge in [-0.25, -0.2) is 9.97 Å². The van der Waals surface area contributed by atoms with Crippen LogP contribution in [0.25, 0.3) is 27.9 Å². The molecule has 4 aromatic rings. The molecule has 1 atom stereocenters. The maximum Gasteiger partial charge on any atom is 0.257 e. The summed E-state index contributed by atoms with van der Waals surface area (Å²) in [7, 11) is 0. The molecule has 0 aliphatic heterocycles. The Labute approximate surface area is 188 Å². The van der Waals surface area contributed by atoms with Crippen LogP contribution in [0.15, 0.2) is 48.5 Å². The smallest absolute Gasteiger partial charge is 0.257 e. The summed E-state index contributed by atoms with van der Waals surface area (Å²) in [4.78, 5) is 23.0. The maximum atomic E-state index is 13.4. The minimum Gasteiger partial charge on any atom is -0.384 e. The van der Waals surface area contributed by atoms with Crippen molar-refractivity contribution in [1.82, 2.24) is 19.9 Å². The number of amides is 1. The van der Waals surface area contributed by atoms with Crippen molar-refractivity contribution in [1.29, 1.82) is 0 Å². The van der Waals surface area contributed by atoms with Gasteiger partial charge in [-0.1, -0.05) is 51.0 Å². The number of hydrogen-bond donors (Lipinski definition) is 2. The van der Waals surface area contributed by atoms with Gasteiger partial charge in [-0.2, -0.15) is 0 Å². The molecule has 1 amide bonds. The van der Waals surface area contributed by atoms with Crippen LogP contribution in [0.3, 0.4) is 0 Å². The first kappa shape index (κ1) is 21.8. The summed E-state index contributed by atoms with van der Waals surface area (Å²) in [5, 5.41) is 3.13. The Bertz CT molecular complexity index is 1270. The van der Waals surface area contributed by atoms with Gasteiger partial charge in [0, 0.05) is 11.7 Å². The zero-order chi connectivity index (χ0) is 22.8. The van der Waals surface area contributed by atoms with Gasteiger partial charge in [-0.05, 0) is 56.0 Å². The van der Waals surface area contributed by atoms with Gasteiger partial charge in [0.05, 0.1) is 11.0 Å². The summed E-state index contributed by atoms with van der Waals surface area (Å²) in [5.41, 5.74) is 11.6. The molecule has 0 aliphatic rings. The zero-order valence-corrected chi connectivity index (χ0v) is 19.2. The topological polar surface area (TPSA) is 85.8 Å². The Morgan fingerprint density at radius 2 is 1.75 bits per heavy atom. The maximum absolute atomic E-state index is 13.4. The highest BCUT2D eigenvalue weighted by atomic mass is 16.1. The number of nitrogens with one attached hydrogen (secondary N) is 1. The molecule has 0 bridgehead atoms. The molecule has 0 fully saturated rings. The number of hydrogen-bond acceptors (Lipinski definition) is 4. The molecule has 0 saturated carbocycles. The van der Waals surface area contributed by atoms with Crippen LogP contribution >= 0.6 is 0 Å². The fourth-order valence-electron chi connectivity index (χ4n) is 4.11. The van der Waals surface area contributed by atoms with E-state index in [-0.39, 0.29) is 11.9 Å². The Morgan fingerprint density at radius 1 is 1.03 bits per heavy atom. The van der Waals surface area contributed by atoms with E-state index < -0.39 is 0 Å². The number of benzene rings is 2. The quantitative estimate of drug-likeness (QED) is 0.411. The lowest BCUT2D eigenvalue weighted by Gasteiger charge is -2.14. The standard InChI is InChI=1S/C26H31N5O/c1-16(2)9-7-11-18(4)28-26(32)22-23-25(30-21-14-6-5-13-20(21)29-23)31(24(22)27)19-12-8-10-17(3)15-19/h5-6,8,10,12-16,18H,7,9,11,27H2,1-4H3,(H,28,32). The van der Waals surface area contributed by atoms with Crippen LogP contribution in [0.2, 0.25) is 0 Å².